The van der Waals surface area contributed by atoms with Gasteiger partial charge in [-0.2, -0.15) is 11.3 Å². The van der Waals surface area contributed by atoms with E-state index in [4.69, 9.17) is 0 Å². The van der Waals surface area contributed by atoms with Crippen LogP contribution in [0.1, 0.15) is 15.9 Å². The molecule has 0 radical (unpaired) electrons. The minimum absolute atomic E-state index is 0.0251. The summed E-state index contributed by atoms with van der Waals surface area (Å²) in [4.78, 5) is 28.2. The average Bonchev–Trinajstić information content (AvgIpc) is 2.98. The quantitative estimate of drug-likeness (QED) is 0.676. The standard InChI is InChI=1S/C13H14N4O3S/c1-14-12-5-10(11(6-15-12)17(19)20)13(18)16(2)7-9-3-4-21-8-9/h3-6,8H,7H2,1-2H3,(H,14,15). The van der Waals surface area contributed by atoms with Crippen LogP contribution in [0.3, 0.4) is 0 Å². The van der Waals surface area contributed by atoms with Gasteiger partial charge in [-0.15, -0.1) is 0 Å². The summed E-state index contributed by atoms with van der Waals surface area (Å²) < 4.78 is 0. The minimum Gasteiger partial charge on any atom is -0.373 e. The van der Waals surface area contributed by atoms with E-state index in [2.05, 4.69) is 10.3 Å². The Kier molecular flexibility index (Phi) is 4.49. The van der Waals surface area contributed by atoms with Gasteiger partial charge in [0.05, 0.1) is 4.92 Å². The van der Waals surface area contributed by atoms with Gasteiger partial charge >= 0.3 is 0 Å². The highest BCUT2D eigenvalue weighted by Gasteiger charge is 2.24. The molecule has 8 heteroatoms. The molecule has 0 saturated carbocycles. The number of rotatable bonds is 5. The van der Waals surface area contributed by atoms with E-state index >= 15 is 0 Å². The first kappa shape index (κ1) is 14.9. The predicted molar refractivity (Wildman–Crippen MR) is 80.6 cm³/mol. The number of anilines is 1. The molecule has 0 saturated heterocycles. The molecule has 0 spiro atoms. The lowest BCUT2D eigenvalue weighted by atomic mass is 10.2. The van der Waals surface area contributed by atoms with Crippen molar-refractivity contribution in [3.05, 3.63) is 50.3 Å². The zero-order valence-corrected chi connectivity index (χ0v) is 12.4. The molecule has 0 aromatic carbocycles. The van der Waals surface area contributed by atoms with Crippen LogP contribution < -0.4 is 5.32 Å². The Bertz CT molecular complexity index is 657. The van der Waals surface area contributed by atoms with Crippen molar-refractivity contribution in [3.63, 3.8) is 0 Å². The Morgan fingerprint density at radius 2 is 2.33 bits per heavy atom. The van der Waals surface area contributed by atoms with E-state index in [0.29, 0.717) is 12.4 Å². The second-order valence-electron chi connectivity index (χ2n) is 4.39. The molecule has 2 aromatic heterocycles. The van der Waals surface area contributed by atoms with Crippen LogP contribution in [0.15, 0.2) is 29.1 Å². The summed E-state index contributed by atoms with van der Waals surface area (Å²) in [5.74, 6) is -0.000293. The average molecular weight is 306 g/mol. The number of nitro groups is 1. The Balaban J connectivity index is 2.30. The van der Waals surface area contributed by atoms with Crippen molar-refractivity contribution in [2.45, 2.75) is 6.54 Å². The fourth-order valence-corrected chi connectivity index (χ4v) is 2.50. The molecule has 1 N–H and O–H groups in total. The topological polar surface area (TPSA) is 88.4 Å². The third-order valence-corrected chi connectivity index (χ3v) is 3.64. The van der Waals surface area contributed by atoms with Crippen LogP contribution in [0.4, 0.5) is 11.5 Å². The Labute approximate surface area is 125 Å². The maximum absolute atomic E-state index is 12.4. The first-order valence-corrected chi connectivity index (χ1v) is 7.06. The number of aromatic nitrogens is 1. The Hall–Kier alpha value is -2.48. The second kappa shape index (κ2) is 6.31. The number of carbonyl (C=O) groups excluding carboxylic acids is 1. The first-order chi connectivity index (χ1) is 10.0. The van der Waals surface area contributed by atoms with Crippen molar-refractivity contribution < 1.29 is 9.72 Å². The summed E-state index contributed by atoms with van der Waals surface area (Å²) in [6.07, 6.45) is 1.09. The SMILES string of the molecule is CNc1cc(C(=O)N(C)Cc2ccsc2)c([N+](=O)[O-])cn1. The highest BCUT2D eigenvalue weighted by molar-refractivity contribution is 7.07. The zero-order chi connectivity index (χ0) is 15.4. The van der Waals surface area contributed by atoms with E-state index in [1.807, 2.05) is 16.8 Å². The van der Waals surface area contributed by atoms with Gasteiger partial charge in [-0.3, -0.25) is 14.9 Å². The van der Waals surface area contributed by atoms with Gasteiger partial charge in [-0.1, -0.05) is 0 Å². The van der Waals surface area contributed by atoms with Gasteiger partial charge in [0.1, 0.15) is 17.6 Å². The number of hydrogen-bond acceptors (Lipinski definition) is 6. The van der Waals surface area contributed by atoms with Crippen LogP contribution in [0.5, 0.6) is 0 Å². The number of nitrogens with zero attached hydrogens (tertiary/aromatic N) is 3. The minimum atomic E-state index is -0.599. The zero-order valence-electron chi connectivity index (χ0n) is 11.6. The van der Waals surface area contributed by atoms with E-state index in [-0.39, 0.29) is 11.3 Å². The van der Waals surface area contributed by atoms with Gasteiger partial charge < -0.3 is 10.2 Å². The van der Waals surface area contributed by atoms with Crippen LogP contribution >= 0.6 is 11.3 Å². The van der Waals surface area contributed by atoms with Crippen molar-refractivity contribution in [1.82, 2.24) is 9.88 Å². The number of hydrogen-bond donors (Lipinski definition) is 1. The van der Waals surface area contributed by atoms with Gasteiger partial charge in [-0.25, -0.2) is 4.98 Å². The van der Waals surface area contributed by atoms with Crippen LogP contribution in [-0.4, -0.2) is 34.8 Å². The molecule has 2 heterocycles. The normalized spacial score (nSPS) is 10.2. The number of nitrogens with one attached hydrogen (secondary N) is 1. The van der Waals surface area contributed by atoms with E-state index < -0.39 is 10.8 Å². The lowest BCUT2D eigenvalue weighted by Gasteiger charge is -2.16. The molecule has 1 amide bonds. The predicted octanol–water partition coefficient (Wildman–Crippen LogP) is 2.37. The molecule has 2 aromatic rings. The van der Waals surface area contributed by atoms with Gasteiger partial charge in [0, 0.05) is 26.7 Å². The molecule has 110 valence electrons. The lowest BCUT2D eigenvalue weighted by Crippen LogP contribution is -2.27. The van der Waals surface area contributed by atoms with E-state index in [1.54, 1.807) is 14.1 Å². The number of thiophene rings is 1. The number of carbonyl (C=O) groups is 1. The second-order valence-corrected chi connectivity index (χ2v) is 5.17. The molecule has 0 aliphatic carbocycles. The van der Waals surface area contributed by atoms with Crippen molar-refractivity contribution >= 4 is 28.7 Å². The molecule has 0 atom stereocenters. The van der Waals surface area contributed by atoms with E-state index in [1.165, 1.54) is 22.3 Å². The molecular formula is C13H14N4O3S. The number of amides is 1. The fourth-order valence-electron chi connectivity index (χ4n) is 1.84. The third-order valence-electron chi connectivity index (χ3n) is 2.91. The van der Waals surface area contributed by atoms with Crippen molar-refractivity contribution in [3.8, 4) is 0 Å². The van der Waals surface area contributed by atoms with Gasteiger partial charge in [-0.05, 0) is 22.4 Å². The van der Waals surface area contributed by atoms with Crippen molar-refractivity contribution in [2.75, 3.05) is 19.4 Å². The van der Waals surface area contributed by atoms with Crippen molar-refractivity contribution in [1.29, 1.82) is 0 Å². The monoisotopic (exact) mass is 306 g/mol. The maximum Gasteiger partial charge on any atom is 0.300 e. The molecule has 2 rings (SSSR count). The van der Waals surface area contributed by atoms with Crippen molar-refractivity contribution in [2.24, 2.45) is 0 Å². The van der Waals surface area contributed by atoms with Crippen LogP contribution in [-0.2, 0) is 6.54 Å². The summed E-state index contributed by atoms with van der Waals surface area (Å²) in [5.41, 5.74) is 0.717. The highest BCUT2D eigenvalue weighted by atomic mass is 32.1. The summed E-state index contributed by atoms with van der Waals surface area (Å²) in [6, 6.07) is 3.30. The van der Waals surface area contributed by atoms with Gasteiger partial charge in [0.2, 0.25) is 0 Å². The smallest absolute Gasteiger partial charge is 0.300 e. The number of pyridine rings is 1. The Morgan fingerprint density at radius 1 is 1.57 bits per heavy atom. The third kappa shape index (κ3) is 3.34. The van der Waals surface area contributed by atoms with E-state index in [0.717, 1.165) is 11.8 Å². The Morgan fingerprint density at radius 3 is 2.90 bits per heavy atom. The molecule has 0 fully saturated rings. The summed E-state index contributed by atoms with van der Waals surface area (Å²) in [7, 11) is 3.25. The van der Waals surface area contributed by atoms with Crippen LogP contribution in [0, 0.1) is 10.1 Å². The largest absolute Gasteiger partial charge is 0.373 e. The lowest BCUT2D eigenvalue weighted by molar-refractivity contribution is -0.385. The molecule has 0 aliphatic rings. The maximum atomic E-state index is 12.4. The fraction of sp³-hybridized carbons (Fsp3) is 0.231. The van der Waals surface area contributed by atoms with Gasteiger partial charge in [0.25, 0.3) is 11.6 Å². The highest BCUT2D eigenvalue weighted by Crippen LogP contribution is 2.22. The van der Waals surface area contributed by atoms with E-state index in [9.17, 15) is 14.9 Å². The molecule has 21 heavy (non-hydrogen) atoms. The molecule has 0 unspecified atom stereocenters. The summed E-state index contributed by atoms with van der Waals surface area (Å²) in [5, 5.41) is 17.7. The molecular weight excluding hydrogens is 292 g/mol. The van der Waals surface area contributed by atoms with Crippen LogP contribution in [0.25, 0.3) is 0 Å². The molecule has 0 bridgehead atoms. The molecule has 0 aliphatic heterocycles. The molecule has 7 nitrogen and oxygen atoms in total. The first-order valence-electron chi connectivity index (χ1n) is 6.11. The van der Waals surface area contributed by atoms with Crippen LogP contribution in [0.2, 0.25) is 0 Å². The summed E-state index contributed by atoms with van der Waals surface area (Å²) in [6.45, 7) is 0.400. The summed E-state index contributed by atoms with van der Waals surface area (Å²) >= 11 is 1.54. The van der Waals surface area contributed by atoms with Gasteiger partial charge in [0.15, 0.2) is 0 Å².